The highest BCUT2D eigenvalue weighted by Crippen LogP contribution is 2.23. The summed E-state index contributed by atoms with van der Waals surface area (Å²) in [6.45, 7) is 6.39. The van der Waals surface area contributed by atoms with Crippen LogP contribution in [0.5, 0.6) is 0 Å². The summed E-state index contributed by atoms with van der Waals surface area (Å²) in [5.74, 6) is 0.132. The van der Waals surface area contributed by atoms with Gasteiger partial charge in [-0.25, -0.2) is 0 Å². The third-order valence-electron chi connectivity index (χ3n) is 2.78. The van der Waals surface area contributed by atoms with Gasteiger partial charge in [-0.05, 0) is 19.3 Å². The number of carboxylic acid groups (broad SMARTS) is 1. The van der Waals surface area contributed by atoms with Crippen molar-refractivity contribution in [3.05, 3.63) is 0 Å². The molecule has 0 spiro atoms. The largest absolute Gasteiger partial charge is 0.481 e. The average Bonchev–Trinajstić information content (AvgIpc) is 1.93. The van der Waals surface area contributed by atoms with E-state index in [2.05, 4.69) is 11.8 Å². The predicted octanol–water partition coefficient (Wildman–Crippen LogP) is 1.58. The lowest BCUT2D eigenvalue weighted by atomic mass is 9.93. The van der Waals surface area contributed by atoms with Gasteiger partial charge in [-0.3, -0.25) is 9.69 Å². The van der Waals surface area contributed by atoms with Crippen LogP contribution in [-0.4, -0.2) is 35.1 Å². The van der Waals surface area contributed by atoms with Gasteiger partial charge in [0.2, 0.25) is 0 Å². The number of carboxylic acids is 1. The van der Waals surface area contributed by atoms with Gasteiger partial charge in [-0.1, -0.05) is 13.3 Å². The van der Waals surface area contributed by atoms with Crippen molar-refractivity contribution < 1.29 is 9.90 Å². The van der Waals surface area contributed by atoms with E-state index in [0.29, 0.717) is 0 Å². The monoisotopic (exact) mass is 185 g/mol. The minimum Gasteiger partial charge on any atom is -0.481 e. The summed E-state index contributed by atoms with van der Waals surface area (Å²) in [5.41, 5.74) is 0. The van der Waals surface area contributed by atoms with E-state index in [-0.39, 0.29) is 12.5 Å². The Bertz CT molecular complexity index is 176. The summed E-state index contributed by atoms with van der Waals surface area (Å²) in [6, 6.07) is 0.214. The van der Waals surface area contributed by atoms with Crippen LogP contribution in [0.3, 0.4) is 0 Å². The maximum absolute atomic E-state index is 10.4. The maximum Gasteiger partial charge on any atom is 0.304 e. The van der Waals surface area contributed by atoms with E-state index in [9.17, 15) is 4.79 Å². The molecule has 3 heteroatoms. The fraction of sp³-hybridized carbons (Fsp3) is 0.900. The third kappa shape index (κ3) is 2.99. The molecule has 0 amide bonds. The van der Waals surface area contributed by atoms with Crippen molar-refractivity contribution in [2.45, 2.75) is 39.2 Å². The first kappa shape index (κ1) is 10.5. The Kier molecular flexibility index (Phi) is 3.72. The molecule has 76 valence electrons. The Labute approximate surface area is 79.7 Å². The van der Waals surface area contributed by atoms with E-state index in [1.807, 2.05) is 6.92 Å². The molecule has 1 rings (SSSR count). The van der Waals surface area contributed by atoms with Crippen LogP contribution in [0, 0.1) is 5.92 Å². The summed E-state index contributed by atoms with van der Waals surface area (Å²) >= 11 is 0. The minimum absolute atomic E-state index is 0.214. The van der Waals surface area contributed by atoms with E-state index in [1.54, 1.807) is 0 Å². The molecule has 0 aliphatic carbocycles. The molecule has 1 fully saturated rings. The second-order valence-corrected chi connectivity index (χ2v) is 4.06. The predicted molar refractivity (Wildman–Crippen MR) is 51.7 cm³/mol. The van der Waals surface area contributed by atoms with Crippen LogP contribution in [0.25, 0.3) is 0 Å². The minimum atomic E-state index is -0.688. The molecular formula is C10H19NO2. The molecule has 1 aliphatic rings. The van der Waals surface area contributed by atoms with Crippen LogP contribution in [-0.2, 0) is 4.79 Å². The zero-order valence-corrected chi connectivity index (χ0v) is 8.49. The lowest BCUT2D eigenvalue weighted by Gasteiger charge is -2.43. The molecule has 1 unspecified atom stereocenters. The summed E-state index contributed by atoms with van der Waals surface area (Å²) in [6.07, 6.45) is 2.81. The first-order chi connectivity index (χ1) is 6.13. The van der Waals surface area contributed by atoms with Gasteiger partial charge in [0.1, 0.15) is 0 Å². The van der Waals surface area contributed by atoms with Gasteiger partial charge in [0.05, 0.1) is 6.42 Å². The van der Waals surface area contributed by atoms with Gasteiger partial charge >= 0.3 is 5.97 Å². The normalized spacial score (nSPS) is 21.1. The Hall–Kier alpha value is -0.570. The molecule has 1 saturated heterocycles. The smallest absolute Gasteiger partial charge is 0.304 e. The highest BCUT2D eigenvalue weighted by atomic mass is 16.4. The first-order valence-electron chi connectivity index (χ1n) is 5.09. The van der Waals surface area contributed by atoms with E-state index < -0.39 is 5.97 Å². The van der Waals surface area contributed by atoms with Gasteiger partial charge < -0.3 is 5.11 Å². The Morgan fingerprint density at radius 1 is 1.62 bits per heavy atom. The first-order valence-corrected chi connectivity index (χ1v) is 5.09. The van der Waals surface area contributed by atoms with Crippen molar-refractivity contribution in [3.63, 3.8) is 0 Å². The summed E-state index contributed by atoms with van der Waals surface area (Å²) in [5, 5.41) is 8.59. The molecule has 3 nitrogen and oxygen atoms in total. The zero-order valence-electron chi connectivity index (χ0n) is 8.49. The molecule has 0 aromatic rings. The quantitative estimate of drug-likeness (QED) is 0.707. The van der Waals surface area contributed by atoms with Crippen LogP contribution in [0.2, 0.25) is 0 Å². The van der Waals surface area contributed by atoms with Crippen molar-refractivity contribution in [2.24, 2.45) is 5.92 Å². The number of hydrogen-bond donors (Lipinski definition) is 1. The van der Waals surface area contributed by atoms with Gasteiger partial charge in [0.15, 0.2) is 0 Å². The lowest BCUT2D eigenvalue weighted by Crippen LogP contribution is -2.51. The highest BCUT2D eigenvalue weighted by Gasteiger charge is 2.29. The molecule has 0 saturated carbocycles. The van der Waals surface area contributed by atoms with Crippen LogP contribution < -0.4 is 0 Å². The molecule has 1 N–H and O–H groups in total. The van der Waals surface area contributed by atoms with Crippen LogP contribution in [0.1, 0.15) is 33.1 Å². The van der Waals surface area contributed by atoms with E-state index in [1.165, 1.54) is 12.8 Å². The Morgan fingerprint density at radius 3 is 2.69 bits per heavy atom. The molecule has 1 atom stereocenters. The number of likely N-dealkylation sites (tertiary alicyclic amines) is 1. The molecule has 13 heavy (non-hydrogen) atoms. The van der Waals surface area contributed by atoms with Gasteiger partial charge in [0.25, 0.3) is 0 Å². The maximum atomic E-state index is 10.4. The molecule has 1 aliphatic heterocycles. The number of hydrogen-bond acceptors (Lipinski definition) is 2. The van der Waals surface area contributed by atoms with Gasteiger partial charge in [-0.2, -0.15) is 0 Å². The summed E-state index contributed by atoms with van der Waals surface area (Å²) < 4.78 is 0. The highest BCUT2D eigenvalue weighted by molar-refractivity contribution is 5.67. The van der Waals surface area contributed by atoms with Gasteiger partial charge in [-0.15, -0.1) is 0 Å². The third-order valence-corrected chi connectivity index (χ3v) is 2.78. The number of rotatable bonds is 5. The van der Waals surface area contributed by atoms with Crippen molar-refractivity contribution in [3.8, 4) is 0 Å². The van der Waals surface area contributed by atoms with Crippen molar-refractivity contribution in [1.82, 2.24) is 4.90 Å². The van der Waals surface area contributed by atoms with Crippen LogP contribution in [0.4, 0.5) is 0 Å². The molecule has 1 heterocycles. The molecule has 0 radical (unpaired) electrons. The SMILES string of the molecule is CCCC1CN(C(C)CC(=O)O)C1. The topological polar surface area (TPSA) is 40.5 Å². The Balaban J connectivity index is 2.15. The van der Waals surface area contributed by atoms with E-state index >= 15 is 0 Å². The van der Waals surface area contributed by atoms with E-state index in [4.69, 9.17) is 5.11 Å². The fourth-order valence-electron chi connectivity index (χ4n) is 1.94. The average molecular weight is 185 g/mol. The van der Waals surface area contributed by atoms with Crippen LogP contribution >= 0.6 is 0 Å². The second-order valence-electron chi connectivity index (χ2n) is 4.06. The molecule has 0 bridgehead atoms. The summed E-state index contributed by atoms with van der Waals surface area (Å²) in [4.78, 5) is 12.7. The molecular weight excluding hydrogens is 166 g/mol. The number of nitrogens with zero attached hydrogens (tertiary/aromatic N) is 1. The molecule has 0 aromatic heterocycles. The zero-order chi connectivity index (χ0) is 9.84. The fourth-order valence-corrected chi connectivity index (χ4v) is 1.94. The van der Waals surface area contributed by atoms with Crippen molar-refractivity contribution in [1.29, 1.82) is 0 Å². The number of aliphatic carboxylic acids is 1. The van der Waals surface area contributed by atoms with Gasteiger partial charge in [0, 0.05) is 19.1 Å². The summed E-state index contributed by atoms with van der Waals surface area (Å²) in [7, 11) is 0. The van der Waals surface area contributed by atoms with Crippen LogP contribution in [0.15, 0.2) is 0 Å². The Morgan fingerprint density at radius 2 is 2.23 bits per heavy atom. The molecule has 0 aromatic carbocycles. The lowest BCUT2D eigenvalue weighted by molar-refractivity contribution is -0.139. The van der Waals surface area contributed by atoms with E-state index in [0.717, 1.165) is 19.0 Å². The van der Waals surface area contributed by atoms with Crippen molar-refractivity contribution >= 4 is 5.97 Å². The van der Waals surface area contributed by atoms with Crippen molar-refractivity contribution in [2.75, 3.05) is 13.1 Å². The standard InChI is InChI=1S/C10H19NO2/c1-3-4-9-6-11(7-9)8(2)5-10(12)13/h8-9H,3-7H2,1-2H3,(H,12,13). The second kappa shape index (κ2) is 4.61. The number of carbonyl (C=O) groups is 1.